The molecule has 1 atom stereocenters. The van der Waals surface area contributed by atoms with Gasteiger partial charge in [0, 0.05) is 19.3 Å². The maximum Gasteiger partial charge on any atom is 0.306 e. The third kappa shape index (κ3) is 57.7. The Morgan fingerprint density at radius 3 is 0.861 bits per heavy atom. The lowest BCUT2D eigenvalue weighted by Gasteiger charge is -2.18. The van der Waals surface area contributed by atoms with Gasteiger partial charge in [-0.05, 0) is 89.9 Å². The average molecular weight is 1010 g/mol. The molecule has 0 aliphatic rings. The summed E-state index contributed by atoms with van der Waals surface area (Å²) in [5, 5.41) is 0. The first-order valence-corrected chi connectivity index (χ1v) is 30.9. The summed E-state index contributed by atoms with van der Waals surface area (Å²) in [4.78, 5) is 38.3. The molecule has 0 aromatic heterocycles. The van der Waals surface area contributed by atoms with Crippen LogP contribution >= 0.6 is 0 Å². The minimum absolute atomic E-state index is 0.0776. The summed E-state index contributed by atoms with van der Waals surface area (Å²) in [6.45, 7) is 6.54. The summed E-state index contributed by atoms with van der Waals surface area (Å²) in [6.07, 6.45) is 77.5. The zero-order valence-electron chi connectivity index (χ0n) is 47.7. The van der Waals surface area contributed by atoms with Gasteiger partial charge in [-0.3, -0.25) is 14.4 Å². The second-order valence-corrected chi connectivity index (χ2v) is 20.6. The molecule has 0 aliphatic heterocycles. The summed E-state index contributed by atoms with van der Waals surface area (Å²) in [5.74, 6) is -0.879. The molecule has 0 rings (SSSR count). The van der Waals surface area contributed by atoms with E-state index >= 15 is 0 Å². The van der Waals surface area contributed by atoms with Crippen LogP contribution in [0.2, 0.25) is 0 Å². The predicted octanol–water partition coefficient (Wildman–Crippen LogP) is 20.9. The molecule has 0 spiro atoms. The molecule has 0 aliphatic carbocycles. The van der Waals surface area contributed by atoms with Gasteiger partial charge in [0.15, 0.2) is 6.10 Å². The molecule has 0 bridgehead atoms. The van der Waals surface area contributed by atoms with Crippen LogP contribution in [0.15, 0.2) is 72.9 Å². The molecule has 0 aromatic carbocycles. The SMILES string of the molecule is CC/C=C\C/C=C\C/C=C\C/C=C\C/C=C\CCCCCCCCCC(=O)OCC(COC(=O)CCCCCCCCCCCCCCCC)OC(=O)CCCCCCCCC/C=C\CCCCCCCC. The Morgan fingerprint density at radius 1 is 0.292 bits per heavy atom. The fraction of sp³-hybridized carbons (Fsp3) is 0.773. The van der Waals surface area contributed by atoms with Crippen LogP contribution in [0, 0.1) is 0 Å². The highest BCUT2D eigenvalue weighted by atomic mass is 16.6. The highest BCUT2D eigenvalue weighted by Crippen LogP contribution is 2.16. The molecule has 0 N–H and O–H groups in total. The van der Waals surface area contributed by atoms with E-state index in [4.69, 9.17) is 14.2 Å². The molecule has 416 valence electrons. The van der Waals surface area contributed by atoms with Crippen LogP contribution < -0.4 is 0 Å². The fourth-order valence-electron chi connectivity index (χ4n) is 8.82. The Balaban J connectivity index is 4.36. The predicted molar refractivity (Wildman–Crippen MR) is 311 cm³/mol. The Labute approximate surface area is 446 Å². The number of hydrogen-bond donors (Lipinski definition) is 0. The number of rotatable bonds is 56. The van der Waals surface area contributed by atoms with E-state index in [0.717, 1.165) is 96.3 Å². The highest BCUT2D eigenvalue weighted by Gasteiger charge is 2.19. The van der Waals surface area contributed by atoms with Gasteiger partial charge in [-0.2, -0.15) is 0 Å². The Bertz CT molecular complexity index is 1340. The zero-order valence-corrected chi connectivity index (χ0v) is 47.7. The van der Waals surface area contributed by atoms with E-state index in [1.165, 1.54) is 173 Å². The van der Waals surface area contributed by atoms with E-state index < -0.39 is 6.10 Å². The number of carbonyl (C=O) groups excluding carboxylic acids is 3. The summed E-state index contributed by atoms with van der Waals surface area (Å²) < 4.78 is 16.9. The van der Waals surface area contributed by atoms with Crippen LogP contribution in [0.4, 0.5) is 0 Å². The monoisotopic (exact) mass is 1000 g/mol. The summed E-state index contributed by atoms with van der Waals surface area (Å²) in [7, 11) is 0. The maximum absolute atomic E-state index is 12.9. The van der Waals surface area contributed by atoms with Crippen LogP contribution in [0.5, 0.6) is 0 Å². The lowest BCUT2D eigenvalue weighted by Crippen LogP contribution is -2.30. The van der Waals surface area contributed by atoms with Crippen molar-refractivity contribution in [3.8, 4) is 0 Å². The van der Waals surface area contributed by atoms with Gasteiger partial charge in [-0.1, -0.05) is 273 Å². The largest absolute Gasteiger partial charge is 0.462 e. The van der Waals surface area contributed by atoms with Gasteiger partial charge in [0.25, 0.3) is 0 Å². The minimum atomic E-state index is -0.781. The number of allylic oxidation sites excluding steroid dienone is 12. The topological polar surface area (TPSA) is 78.9 Å². The Morgan fingerprint density at radius 2 is 0.542 bits per heavy atom. The molecule has 6 heteroatoms. The highest BCUT2D eigenvalue weighted by molar-refractivity contribution is 5.71. The number of esters is 3. The van der Waals surface area contributed by atoms with Gasteiger partial charge in [-0.15, -0.1) is 0 Å². The molecule has 0 heterocycles. The quantitative estimate of drug-likeness (QED) is 0.0261. The zero-order chi connectivity index (χ0) is 52.2. The summed E-state index contributed by atoms with van der Waals surface area (Å²) in [5.41, 5.74) is 0. The third-order valence-electron chi connectivity index (χ3n) is 13.4. The van der Waals surface area contributed by atoms with Crippen molar-refractivity contribution in [2.45, 2.75) is 316 Å². The third-order valence-corrected chi connectivity index (χ3v) is 13.4. The van der Waals surface area contributed by atoms with Gasteiger partial charge < -0.3 is 14.2 Å². The fourth-order valence-corrected chi connectivity index (χ4v) is 8.82. The van der Waals surface area contributed by atoms with E-state index in [1.54, 1.807) is 0 Å². The van der Waals surface area contributed by atoms with Crippen molar-refractivity contribution >= 4 is 17.9 Å². The molecule has 72 heavy (non-hydrogen) atoms. The lowest BCUT2D eigenvalue weighted by atomic mass is 10.0. The second kappa shape index (κ2) is 60.4. The normalized spacial score (nSPS) is 12.5. The van der Waals surface area contributed by atoms with Crippen molar-refractivity contribution in [1.82, 2.24) is 0 Å². The van der Waals surface area contributed by atoms with Crippen molar-refractivity contribution in [2.75, 3.05) is 13.2 Å². The molecular weight excluding hydrogens is 889 g/mol. The van der Waals surface area contributed by atoms with Crippen LogP contribution in [-0.2, 0) is 28.6 Å². The van der Waals surface area contributed by atoms with Crippen LogP contribution in [0.1, 0.15) is 310 Å². The Hall–Kier alpha value is -3.15. The molecule has 6 nitrogen and oxygen atoms in total. The molecule has 1 unspecified atom stereocenters. The molecule has 0 aromatic rings. The molecule has 0 saturated heterocycles. The standard InChI is InChI=1S/C66H116O6/c1-4-7-10-13-16-19-22-25-28-30-31-32-33-34-35-37-38-41-44-47-50-53-56-59-65(68)71-62-63(61-70-64(67)58-55-52-49-46-43-40-27-24-21-18-15-12-9-6-3)72-66(69)60-57-54-51-48-45-42-39-36-29-26-23-20-17-14-11-8-5-2/h7,10,16,19,25-26,28-29,31-32,34-35,63H,4-6,8-9,11-15,17-18,20-24,27,30,33,36-62H2,1-3H3/b10-7-,19-16-,28-25-,29-26-,32-31-,35-34-. The lowest BCUT2D eigenvalue weighted by molar-refractivity contribution is -0.167. The number of unbranched alkanes of at least 4 members (excludes halogenated alkanes) is 33. The maximum atomic E-state index is 12.9. The summed E-state index contributed by atoms with van der Waals surface area (Å²) in [6, 6.07) is 0. The van der Waals surface area contributed by atoms with Gasteiger partial charge >= 0.3 is 17.9 Å². The van der Waals surface area contributed by atoms with Crippen LogP contribution in [0.25, 0.3) is 0 Å². The van der Waals surface area contributed by atoms with Crippen LogP contribution in [0.3, 0.4) is 0 Å². The van der Waals surface area contributed by atoms with E-state index in [9.17, 15) is 14.4 Å². The van der Waals surface area contributed by atoms with Gasteiger partial charge in [-0.25, -0.2) is 0 Å². The van der Waals surface area contributed by atoms with Crippen molar-refractivity contribution in [2.24, 2.45) is 0 Å². The number of hydrogen-bond acceptors (Lipinski definition) is 6. The molecular formula is C66H116O6. The van der Waals surface area contributed by atoms with E-state index in [2.05, 4.69) is 93.7 Å². The first kappa shape index (κ1) is 68.8. The average Bonchev–Trinajstić information content (AvgIpc) is 3.38. The smallest absolute Gasteiger partial charge is 0.306 e. The number of ether oxygens (including phenoxy) is 3. The van der Waals surface area contributed by atoms with Crippen LogP contribution in [-0.4, -0.2) is 37.2 Å². The van der Waals surface area contributed by atoms with E-state index in [1.807, 2.05) is 0 Å². The molecule has 0 radical (unpaired) electrons. The van der Waals surface area contributed by atoms with E-state index in [-0.39, 0.29) is 31.1 Å². The summed E-state index contributed by atoms with van der Waals surface area (Å²) >= 11 is 0. The first-order chi connectivity index (χ1) is 35.5. The minimum Gasteiger partial charge on any atom is -0.462 e. The first-order valence-electron chi connectivity index (χ1n) is 30.9. The molecule has 0 fully saturated rings. The second-order valence-electron chi connectivity index (χ2n) is 20.6. The van der Waals surface area contributed by atoms with Gasteiger partial charge in [0.1, 0.15) is 13.2 Å². The van der Waals surface area contributed by atoms with Crippen molar-refractivity contribution in [3.05, 3.63) is 72.9 Å². The Kier molecular flexibility index (Phi) is 57.8. The van der Waals surface area contributed by atoms with Crippen molar-refractivity contribution in [3.63, 3.8) is 0 Å². The van der Waals surface area contributed by atoms with Gasteiger partial charge in [0.2, 0.25) is 0 Å². The van der Waals surface area contributed by atoms with E-state index in [0.29, 0.717) is 19.3 Å². The number of carbonyl (C=O) groups is 3. The molecule has 0 saturated carbocycles. The van der Waals surface area contributed by atoms with Gasteiger partial charge in [0.05, 0.1) is 0 Å². The molecule has 0 amide bonds. The van der Waals surface area contributed by atoms with Crippen molar-refractivity contribution in [1.29, 1.82) is 0 Å². The van der Waals surface area contributed by atoms with Crippen molar-refractivity contribution < 1.29 is 28.6 Å².